The Labute approximate surface area is 162 Å². The number of nitrogens with zero attached hydrogens (tertiary/aromatic N) is 3. The van der Waals surface area contributed by atoms with Gasteiger partial charge in [0.15, 0.2) is 0 Å². The quantitative estimate of drug-likeness (QED) is 0.704. The lowest BCUT2D eigenvalue weighted by atomic mass is 9.96. The second kappa shape index (κ2) is 7.03. The second-order valence-electron chi connectivity index (χ2n) is 7.17. The molecule has 28 heavy (non-hydrogen) atoms. The molecule has 1 amide bonds. The summed E-state index contributed by atoms with van der Waals surface area (Å²) < 4.78 is 16.4. The standard InChI is InChI=1S/C22H20FN3O2/c1-14-5-6-26(22(28)7-14)13-15-8-17(12-24-11-15)18-9-16-3-4-21(27)25(2)20(16)10-19(18)23/h5-12H,3-4,13H2,1-2H3. The van der Waals surface area contributed by atoms with Crippen LogP contribution in [0.1, 0.15) is 23.1 Å². The van der Waals surface area contributed by atoms with Crippen molar-refractivity contribution in [1.29, 1.82) is 0 Å². The van der Waals surface area contributed by atoms with Gasteiger partial charge in [0.25, 0.3) is 5.56 Å². The Morgan fingerprint density at radius 2 is 1.93 bits per heavy atom. The highest BCUT2D eigenvalue weighted by atomic mass is 19.1. The van der Waals surface area contributed by atoms with Crippen molar-refractivity contribution < 1.29 is 9.18 Å². The van der Waals surface area contributed by atoms with E-state index in [-0.39, 0.29) is 11.5 Å². The molecule has 0 aliphatic carbocycles. The van der Waals surface area contributed by atoms with Crippen molar-refractivity contribution in [3.63, 3.8) is 0 Å². The van der Waals surface area contributed by atoms with Crippen LogP contribution in [-0.4, -0.2) is 22.5 Å². The monoisotopic (exact) mass is 377 g/mol. The molecule has 0 fully saturated rings. The van der Waals surface area contributed by atoms with Crippen molar-refractivity contribution in [2.75, 3.05) is 11.9 Å². The third-order valence-corrected chi connectivity index (χ3v) is 5.12. The van der Waals surface area contributed by atoms with Crippen molar-refractivity contribution in [3.05, 3.63) is 81.8 Å². The van der Waals surface area contributed by atoms with Gasteiger partial charge in [-0.3, -0.25) is 14.6 Å². The van der Waals surface area contributed by atoms with Crippen molar-refractivity contribution in [2.45, 2.75) is 26.3 Å². The summed E-state index contributed by atoms with van der Waals surface area (Å²) in [6.07, 6.45) is 6.06. The lowest BCUT2D eigenvalue weighted by Crippen LogP contribution is -2.31. The van der Waals surface area contributed by atoms with Crippen LogP contribution in [-0.2, 0) is 17.8 Å². The fraction of sp³-hybridized carbons (Fsp3) is 0.227. The highest BCUT2D eigenvalue weighted by Gasteiger charge is 2.23. The second-order valence-corrected chi connectivity index (χ2v) is 7.17. The largest absolute Gasteiger partial charge is 0.315 e. The first-order valence-corrected chi connectivity index (χ1v) is 9.13. The number of halogens is 1. The molecule has 2 aromatic heterocycles. The molecule has 5 nitrogen and oxygen atoms in total. The summed E-state index contributed by atoms with van der Waals surface area (Å²) in [5.74, 6) is -0.404. The van der Waals surface area contributed by atoms with E-state index in [9.17, 15) is 14.0 Å². The Balaban J connectivity index is 1.70. The van der Waals surface area contributed by atoms with Gasteiger partial charge in [0.2, 0.25) is 5.91 Å². The van der Waals surface area contributed by atoms with Crippen LogP contribution in [0.4, 0.5) is 10.1 Å². The molecule has 0 radical (unpaired) electrons. The SMILES string of the molecule is Cc1ccn(Cc2cncc(-c3cc4c(cc3F)N(C)C(=O)CC4)c2)c(=O)c1. The number of hydrogen-bond donors (Lipinski definition) is 0. The van der Waals surface area contributed by atoms with Crippen LogP contribution in [0.15, 0.2) is 53.7 Å². The average molecular weight is 377 g/mol. The number of anilines is 1. The fourth-order valence-electron chi connectivity index (χ4n) is 3.54. The summed E-state index contributed by atoms with van der Waals surface area (Å²) in [6.45, 7) is 2.24. The maximum atomic E-state index is 14.8. The highest BCUT2D eigenvalue weighted by molar-refractivity contribution is 5.96. The number of aromatic nitrogens is 2. The molecule has 0 saturated carbocycles. The number of aryl methyl sites for hydroxylation is 2. The van der Waals surface area contributed by atoms with E-state index in [1.165, 1.54) is 11.0 Å². The summed E-state index contributed by atoms with van der Waals surface area (Å²) >= 11 is 0. The van der Waals surface area contributed by atoms with Crippen LogP contribution in [0.5, 0.6) is 0 Å². The van der Waals surface area contributed by atoms with Crippen LogP contribution >= 0.6 is 0 Å². The number of fused-ring (bicyclic) bond motifs is 1. The molecule has 0 saturated heterocycles. The number of rotatable bonds is 3. The predicted molar refractivity (Wildman–Crippen MR) is 106 cm³/mol. The molecule has 4 rings (SSSR count). The molecule has 0 N–H and O–H groups in total. The minimum atomic E-state index is -0.397. The first-order valence-electron chi connectivity index (χ1n) is 9.13. The van der Waals surface area contributed by atoms with Gasteiger partial charge in [-0.15, -0.1) is 0 Å². The molecule has 3 heterocycles. The van der Waals surface area contributed by atoms with Gasteiger partial charge >= 0.3 is 0 Å². The maximum absolute atomic E-state index is 14.8. The Kier molecular flexibility index (Phi) is 4.55. The summed E-state index contributed by atoms with van der Waals surface area (Å²) in [6, 6.07) is 8.52. The zero-order chi connectivity index (χ0) is 19.8. The molecule has 0 unspecified atom stereocenters. The molecule has 3 aromatic rings. The maximum Gasteiger partial charge on any atom is 0.251 e. The summed E-state index contributed by atoms with van der Waals surface area (Å²) in [5, 5.41) is 0. The average Bonchev–Trinajstić information content (AvgIpc) is 2.67. The number of carbonyl (C=O) groups is 1. The molecule has 0 bridgehead atoms. The van der Waals surface area contributed by atoms with Crippen LogP contribution < -0.4 is 10.5 Å². The minimum Gasteiger partial charge on any atom is -0.315 e. The van der Waals surface area contributed by atoms with Gasteiger partial charge in [0, 0.05) is 54.9 Å². The van der Waals surface area contributed by atoms with Gasteiger partial charge in [0.05, 0.1) is 6.54 Å². The van der Waals surface area contributed by atoms with Crippen LogP contribution in [0.3, 0.4) is 0 Å². The number of benzene rings is 1. The summed E-state index contributed by atoms with van der Waals surface area (Å²) in [4.78, 5) is 29.7. The van der Waals surface area contributed by atoms with Crippen molar-refractivity contribution in [2.24, 2.45) is 0 Å². The molecule has 0 spiro atoms. The highest BCUT2D eigenvalue weighted by Crippen LogP contribution is 2.33. The minimum absolute atomic E-state index is 0.00754. The number of hydrogen-bond acceptors (Lipinski definition) is 3. The third kappa shape index (κ3) is 3.33. The predicted octanol–water partition coefficient (Wildman–Crippen LogP) is 3.32. The normalized spacial score (nSPS) is 13.5. The van der Waals surface area contributed by atoms with Gasteiger partial charge in [-0.1, -0.05) is 0 Å². The Morgan fingerprint density at radius 3 is 2.71 bits per heavy atom. The number of amides is 1. The first-order chi connectivity index (χ1) is 13.4. The molecule has 0 atom stereocenters. The van der Waals surface area contributed by atoms with Crippen molar-refractivity contribution in [3.8, 4) is 11.1 Å². The summed E-state index contributed by atoms with van der Waals surface area (Å²) in [5.41, 5.74) is 4.30. The van der Waals surface area contributed by atoms with E-state index in [0.717, 1.165) is 16.7 Å². The molecular formula is C22H20FN3O2. The van der Waals surface area contributed by atoms with Gasteiger partial charge in [0.1, 0.15) is 5.82 Å². The topological polar surface area (TPSA) is 55.2 Å². The smallest absolute Gasteiger partial charge is 0.251 e. The number of carbonyl (C=O) groups excluding carboxylic acids is 1. The van der Waals surface area contributed by atoms with Crippen LogP contribution in [0.2, 0.25) is 0 Å². The zero-order valence-electron chi connectivity index (χ0n) is 15.8. The fourth-order valence-corrected chi connectivity index (χ4v) is 3.54. The van der Waals surface area contributed by atoms with E-state index in [1.54, 1.807) is 42.3 Å². The van der Waals surface area contributed by atoms with E-state index >= 15 is 0 Å². The van der Waals surface area contributed by atoms with Gasteiger partial charge in [-0.25, -0.2) is 4.39 Å². The third-order valence-electron chi connectivity index (χ3n) is 5.12. The van der Waals surface area contributed by atoms with Gasteiger partial charge in [-0.05, 0) is 54.3 Å². The van der Waals surface area contributed by atoms with Crippen molar-refractivity contribution >= 4 is 11.6 Å². The Bertz CT molecular complexity index is 1140. The van der Waals surface area contributed by atoms with E-state index in [1.807, 2.05) is 19.1 Å². The summed E-state index contributed by atoms with van der Waals surface area (Å²) in [7, 11) is 1.67. The zero-order valence-corrected chi connectivity index (χ0v) is 15.8. The molecular weight excluding hydrogens is 357 g/mol. The first kappa shape index (κ1) is 18.1. The lowest BCUT2D eigenvalue weighted by Gasteiger charge is -2.26. The lowest BCUT2D eigenvalue weighted by molar-refractivity contribution is -0.118. The molecule has 142 valence electrons. The van der Waals surface area contributed by atoms with E-state index in [4.69, 9.17) is 0 Å². The molecule has 1 aliphatic rings. The molecule has 1 aliphatic heterocycles. The van der Waals surface area contributed by atoms with E-state index in [0.29, 0.717) is 36.2 Å². The van der Waals surface area contributed by atoms with E-state index < -0.39 is 5.82 Å². The Hall–Kier alpha value is -3.28. The van der Waals surface area contributed by atoms with E-state index in [2.05, 4.69) is 4.98 Å². The molecule has 1 aromatic carbocycles. The Morgan fingerprint density at radius 1 is 1.11 bits per heavy atom. The van der Waals surface area contributed by atoms with Crippen LogP contribution in [0, 0.1) is 12.7 Å². The van der Waals surface area contributed by atoms with Crippen LogP contribution in [0.25, 0.3) is 11.1 Å². The van der Waals surface area contributed by atoms with Crippen molar-refractivity contribution in [1.82, 2.24) is 9.55 Å². The van der Waals surface area contributed by atoms with Gasteiger partial charge in [-0.2, -0.15) is 0 Å². The van der Waals surface area contributed by atoms with Gasteiger partial charge < -0.3 is 9.47 Å². The number of pyridine rings is 2. The molecule has 6 heteroatoms.